The molecule has 4 atom stereocenters. The van der Waals surface area contributed by atoms with Crippen molar-refractivity contribution in [3.63, 3.8) is 0 Å². The van der Waals surface area contributed by atoms with E-state index in [2.05, 4.69) is 51.9 Å². The molecule has 1 aliphatic heterocycles. The van der Waals surface area contributed by atoms with Crippen molar-refractivity contribution in [1.82, 2.24) is 10.2 Å². The Hall–Kier alpha value is -0.610. The standard InChI is InChI=1S/C15H30N2O2/c1-8-10(2)13(16-11(3)18)14-17(7)12(9-19-14)15(4,5)6/h10,12-14H,8-9H2,1-7H3,(H,16,18)/t10-,12+,13-,14?/m0/s1. The summed E-state index contributed by atoms with van der Waals surface area (Å²) in [5, 5.41) is 3.07. The molecule has 0 spiro atoms. The van der Waals surface area contributed by atoms with Crippen LogP contribution in [0.3, 0.4) is 0 Å². The van der Waals surface area contributed by atoms with E-state index in [-0.39, 0.29) is 23.6 Å². The van der Waals surface area contributed by atoms with Crippen LogP contribution in [0.5, 0.6) is 0 Å². The van der Waals surface area contributed by atoms with E-state index in [0.717, 1.165) is 13.0 Å². The molecule has 1 N–H and O–H groups in total. The van der Waals surface area contributed by atoms with Crippen molar-refractivity contribution in [3.05, 3.63) is 0 Å². The highest BCUT2D eigenvalue weighted by Crippen LogP contribution is 2.32. The fraction of sp³-hybridized carbons (Fsp3) is 0.933. The zero-order valence-corrected chi connectivity index (χ0v) is 13.5. The summed E-state index contributed by atoms with van der Waals surface area (Å²) in [6, 6.07) is 0.442. The molecular formula is C15H30N2O2. The number of rotatable bonds is 4. The topological polar surface area (TPSA) is 41.6 Å². The lowest BCUT2D eigenvalue weighted by Gasteiger charge is -2.37. The van der Waals surface area contributed by atoms with Crippen LogP contribution in [0.2, 0.25) is 0 Å². The first-order chi connectivity index (χ1) is 8.68. The number of carbonyl (C=O) groups is 1. The Kier molecular flexibility index (Phi) is 5.39. The van der Waals surface area contributed by atoms with E-state index in [1.807, 2.05) is 0 Å². The molecule has 4 nitrogen and oxygen atoms in total. The van der Waals surface area contributed by atoms with Crippen LogP contribution in [0.1, 0.15) is 48.0 Å². The van der Waals surface area contributed by atoms with Gasteiger partial charge in [-0.1, -0.05) is 41.0 Å². The van der Waals surface area contributed by atoms with Gasteiger partial charge in [-0.2, -0.15) is 0 Å². The maximum atomic E-state index is 11.4. The van der Waals surface area contributed by atoms with Crippen LogP contribution >= 0.6 is 0 Å². The summed E-state index contributed by atoms with van der Waals surface area (Å²) in [6.07, 6.45) is 1.00. The molecule has 1 heterocycles. The number of hydrogen-bond acceptors (Lipinski definition) is 3. The van der Waals surface area contributed by atoms with E-state index in [9.17, 15) is 4.79 Å². The van der Waals surface area contributed by atoms with E-state index >= 15 is 0 Å². The van der Waals surface area contributed by atoms with Crippen molar-refractivity contribution in [3.8, 4) is 0 Å². The number of hydrogen-bond donors (Lipinski definition) is 1. The third-order valence-corrected chi connectivity index (χ3v) is 4.25. The minimum atomic E-state index is -0.0249. The van der Waals surface area contributed by atoms with E-state index in [1.54, 1.807) is 6.92 Å². The maximum Gasteiger partial charge on any atom is 0.217 e. The fourth-order valence-electron chi connectivity index (χ4n) is 2.80. The summed E-state index contributed by atoms with van der Waals surface area (Å²) >= 11 is 0. The van der Waals surface area contributed by atoms with E-state index in [0.29, 0.717) is 12.0 Å². The highest BCUT2D eigenvalue weighted by Gasteiger charge is 2.43. The van der Waals surface area contributed by atoms with Gasteiger partial charge >= 0.3 is 0 Å². The molecule has 4 heteroatoms. The number of carbonyl (C=O) groups excluding carboxylic acids is 1. The lowest BCUT2D eigenvalue weighted by Crippen LogP contribution is -2.54. The highest BCUT2D eigenvalue weighted by molar-refractivity contribution is 5.73. The molecule has 112 valence electrons. The largest absolute Gasteiger partial charge is 0.359 e. The molecule has 1 rings (SSSR count). The van der Waals surface area contributed by atoms with Crippen molar-refractivity contribution in [2.45, 2.75) is 66.3 Å². The SMILES string of the molecule is CC[C@H](C)[C@H](NC(C)=O)C1OC[C@H](C(C)(C)C)N1C. The first kappa shape index (κ1) is 16.4. The molecule has 0 aromatic rings. The lowest BCUT2D eigenvalue weighted by molar-refractivity contribution is -0.122. The van der Waals surface area contributed by atoms with Gasteiger partial charge in [-0.25, -0.2) is 0 Å². The van der Waals surface area contributed by atoms with Gasteiger partial charge in [-0.05, 0) is 18.4 Å². The van der Waals surface area contributed by atoms with Crippen LogP contribution < -0.4 is 5.32 Å². The Morgan fingerprint density at radius 3 is 2.42 bits per heavy atom. The summed E-state index contributed by atoms with van der Waals surface area (Å²) in [6.45, 7) is 13.3. The molecular weight excluding hydrogens is 240 g/mol. The van der Waals surface area contributed by atoms with Crippen LogP contribution in [0.15, 0.2) is 0 Å². The third kappa shape index (κ3) is 3.93. The minimum absolute atomic E-state index is 0.0153. The molecule has 1 aliphatic rings. The number of likely N-dealkylation sites (N-methyl/N-ethyl adjacent to an activating group) is 1. The summed E-state index contributed by atoms with van der Waals surface area (Å²) in [4.78, 5) is 13.7. The van der Waals surface area contributed by atoms with Gasteiger partial charge in [0, 0.05) is 13.0 Å². The number of amides is 1. The van der Waals surface area contributed by atoms with Crippen LogP contribution in [-0.4, -0.2) is 42.8 Å². The number of ether oxygens (including phenoxy) is 1. The van der Waals surface area contributed by atoms with Crippen LogP contribution in [0.4, 0.5) is 0 Å². The van der Waals surface area contributed by atoms with Gasteiger partial charge in [-0.3, -0.25) is 9.69 Å². The Morgan fingerprint density at radius 1 is 1.47 bits per heavy atom. The maximum absolute atomic E-state index is 11.4. The molecule has 0 radical (unpaired) electrons. The second-order valence-electron chi connectivity index (χ2n) is 6.88. The minimum Gasteiger partial charge on any atom is -0.359 e. The van der Waals surface area contributed by atoms with Gasteiger partial charge in [0.2, 0.25) is 5.91 Å². The zero-order chi connectivity index (χ0) is 14.8. The summed E-state index contributed by atoms with van der Waals surface area (Å²) in [5.41, 5.74) is 0.180. The van der Waals surface area contributed by atoms with E-state index in [4.69, 9.17) is 4.74 Å². The molecule has 1 amide bonds. The van der Waals surface area contributed by atoms with E-state index in [1.165, 1.54) is 0 Å². The molecule has 0 aliphatic carbocycles. The molecule has 1 saturated heterocycles. The van der Waals surface area contributed by atoms with E-state index < -0.39 is 0 Å². The average molecular weight is 270 g/mol. The van der Waals surface area contributed by atoms with Crippen LogP contribution in [0.25, 0.3) is 0 Å². The predicted molar refractivity (Wildman–Crippen MR) is 77.8 cm³/mol. The number of nitrogens with one attached hydrogen (secondary N) is 1. The monoisotopic (exact) mass is 270 g/mol. The summed E-state index contributed by atoms with van der Waals surface area (Å²) in [5.74, 6) is 0.413. The second kappa shape index (κ2) is 6.23. The van der Waals surface area contributed by atoms with Crippen molar-refractivity contribution < 1.29 is 9.53 Å². The van der Waals surface area contributed by atoms with Gasteiger partial charge in [0.25, 0.3) is 0 Å². The zero-order valence-electron chi connectivity index (χ0n) is 13.5. The summed E-state index contributed by atoms with van der Waals surface area (Å²) < 4.78 is 6.00. The Bertz CT molecular complexity index is 312. The van der Waals surface area contributed by atoms with Crippen molar-refractivity contribution in [2.75, 3.05) is 13.7 Å². The molecule has 19 heavy (non-hydrogen) atoms. The molecule has 0 bridgehead atoms. The quantitative estimate of drug-likeness (QED) is 0.852. The Balaban J connectivity index is 2.84. The average Bonchev–Trinajstić information content (AvgIpc) is 2.66. The molecule has 0 saturated carbocycles. The normalized spacial score (nSPS) is 28.2. The van der Waals surface area contributed by atoms with Gasteiger partial charge in [-0.15, -0.1) is 0 Å². The first-order valence-electron chi connectivity index (χ1n) is 7.29. The van der Waals surface area contributed by atoms with Gasteiger partial charge < -0.3 is 10.1 Å². The summed E-state index contributed by atoms with van der Waals surface area (Å²) in [7, 11) is 2.10. The molecule has 0 aromatic heterocycles. The third-order valence-electron chi connectivity index (χ3n) is 4.25. The molecule has 0 aromatic carbocycles. The Morgan fingerprint density at radius 2 is 2.05 bits per heavy atom. The molecule has 1 fully saturated rings. The Labute approximate surface area is 117 Å². The van der Waals surface area contributed by atoms with Gasteiger partial charge in [0.05, 0.1) is 12.6 Å². The second-order valence-corrected chi connectivity index (χ2v) is 6.88. The predicted octanol–water partition coefficient (Wildman–Crippen LogP) is 2.24. The molecule has 1 unspecified atom stereocenters. The lowest BCUT2D eigenvalue weighted by atomic mass is 9.86. The first-order valence-corrected chi connectivity index (χ1v) is 7.29. The highest BCUT2D eigenvalue weighted by atomic mass is 16.5. The van der Waals surface area contributed by atoms with Crippen molar-refractivity contribution in [1.29, 1.82) is 0 Å². The van der Waals surface area contributed by atoms with Crippen molar-refractivity contribution in [2.24, 2.45) is 11.3 Å². The van der Waals surface area contributed by atoms with Crippen molar-refractivity contribution >= 4 is 5.91 Å². The van der Waals surface area contributed by atoms with Crippen LogP contribution in [-0.2, 0) is 9.53 Å². The van der Waals surface area contributed by atoms with Crippen LogP contribution in [0, 0.1) is 11.3 Å². The fourth-order valence-corrected chi connectivity index (χ4v) is 2.80. The smallest absolute Gasteiger partial charge is 0.217 e. The van der Waals surface area contributed by atoms with Gasteiger partial charge in [0.15, 0.2) is 0 Å². The van der Waals surface area contributed by atoms with Gasteiger partial charge in [0.1, 0.15) is 6.23 Å². The number of nitrogens with zero attached hydrogens (tertiary/aromatic N) is 1.